The van der Waals surface area contributed by atoms with Crippen LogP contribution in [0.2, 0.25) is 0 Å². The lowest BCUT2D eigenvalue weighted by Gasteiger charge is -2.38. The van der Waals surface area contributed by atoms with Crippen LogP contribution in [-0.2, 0) is 6.54 Å². The van der Waals surface area contributed by atoms with Gasteiger partial charge in [0.2, 0.25) is 0 Å². The molecular formula is C14H25N5O2. The van der Waals surface area contributed by atoms with Crippen LogP contribution in [0.1, 0.15) is 32.0 Å². The van der Waals surface area contributed by atoms with Gasteiger partial charge >= 0.3 is 5.82 Å². The van der Waals surface area contributed by atoms with E-state index in [2.05, 4.69) is 16.8 Å². The van der Waals surface area contributed by atoms with Gasteiger partial charge in [-0.25, -0.2) is 9.55 Å². The lowest BCUT2D eigenvalue weighted by atomic mass is 9.89. The molecule has 2 atom stereocenters. The molecule has 0 radical (unpaired) electrons. The Hall–Kier alpha value is -1.47. The van der Waals surface area contributed by atoms with E-state index in [0.29, 0.717) is 25.0 Å². The third-order valence-corrected chi connectivity index (χ3v) is 4.63. The van der Waals surface area contributed by atoms with Crippen LogP contribution >= 0.6 is 0 Å². The molecule has 118 valence electrons. The Balaban J connectivity index is 1.99. The number of nitrogens with two attached hydrogens (primary N) is 1. The van der Waals surface area contributed by atoms with Crippen molar-refractivity contribution in [2.75, 3.05) is 19.6 Å². The normalized spacial score (nSPS) is 23.4. The first-order valence-corrected chi connectivity index (χ1v) is 7.67. The van der Waals surface area contributed by atoms with Gasteiger partial charge in [-0.15, -0.1) is 0 Å². The van der Waals surface area contributed by atoms with Gasteiger partial charge in [0.05, 0.1) is 0 Å². The lowest BCUT2D eigenvalue weighted by molar-refractivity contribution is -0.392. The van der Waals surface area contributed by atoms with Crippen molar-refractivity contribution in [3.8, 4) is 0 Å². The monoisotopic (exact) mass is 295 g/mol. The molecule has 1 saturated heterocycles. The summed E-state index contributed by atoms with van der Waals surface area (Å²) < 4.78 is 1.68. The molecule has 2 rings (SSSR count). The Kier molecular flexibility index (Phi) is 5.30. The summed E-state index contributed by atoms with van der Waals surface area (Å²) in [5.41, 5.74) is 5.90. The van der Waals surface area contributed by atoms with E-state index in [4.69, 9.17) is 5.73 Å². The number of aromatic nitrogens is 2. The van der Waals surface area contributed by atoms with Crippen molar-refractivity contribution >= 4 is 5.82 Å². The molecule has 1 aliphatic heterocycles. The number of likely N-dealkylation sites (tertiary alicyclic amines) is 1. The maximum atomic E-state index is 11.0. The maximum Gasteiger partial charge on any atom is 0.342 e. The number of piperidine rings is 1. The van der Waals surface area contributed by atoms with Crippen molar-refractivity contribution in [1.29, 1.82) is 0 Å². The van der Waals surface area contributed by atoms with E-state index in [1.54, 1.807) is 11.5 Å². The van der Waals surface area contributed by atoms with Gasteiger partial charge in [-0.05, 0) is 30.2 Å². The van der Waals surface area contributed by atoms with Crippen LogP contribution in [0.4, 0.5) is 5.82 Å². The molecule has 0 saturated carbocycles. The molecule has 2 unspecified atom stereocenters. The van der Waals surface area contributed by atoms with Crippen LogP contribution in [0.15, 0.2) is 6.20 Å². The van der Waals surface area contributed by atoms with Gasteiger partial charge in [-0.2, -0.15) is 0 Å². The molecule has 0 aliphatic carbocycles. The van der Waals surface area contributed by atoms with E-state index in [-0.39, 0.29) is 10.7 Å². The van der Waals surface area contributed by atoms with E-state index >= 15 is 0 Å². The van der Waals surface area contributed by atoms with Gasteiger partial charge in [-0.3, -0.25) is 4.90 Å². The van der Waals surface area contributed by atoms with Crippen LogP contribution in [-0.4, -0.2) is 45.1 Å². The SMILES string of the molecule is CCC1CCN(CCn2c([N+](=O)[O-])cnc2C)C(CN)C1. The summed E-state index contributed by atoms with van der Waals surface area (Å²) in [4.78, 5) is 17.0. The quantitative estimate of drug-likeness (QED) is 0.635. The predicted octanol–water partition coefficient (Wildman–Crippen LogP) is 1.55. The van der Waals surface area contributed by atoms with Crippen molar-refractivity contribution in [2.45, 2.75) is 45.7 Å². The molecule has 0 bridgehead atoms. The Morgan fingerprint density at radius 2 is 2.29 bits per heavy atom. The second-order valence-corrected chi connectivity index (χ2v) is 5.80. The zero-order chi connectivity index (χ0) is 15.4. The Bertz CT molecular complexity index is 488. The van der Waals surface area contributed by atoms with Gasteiger partial charge in [0.15, 0.2) is 5.82 Å². The van der Waals surface area contributed by atoms with Gasteiger partial charge in [0.1, 0.15) is 12.7 Å². The number of nitro groups is 1. The molecule has 7 nitrogen and oxygen atoms in total. The zero-order valence-electron chi connectivity index (χ0n) is 12.9. The molecule has 0 aromatic carbocycles. The molecular weight excluding hydrogens is 270 g/mol. The summed E-state index contributed by atoms with van der Waals surface area (Å²) in [5.74, 6) is 1.52. The summed E-state index contributed by atoms with van der Waals surface area (Å²) in [5, 5.41) is 11.0. The molecule has 7 heteroatoms. The number of nitrogens with zero attached hydrogens (tertiary/aromatic N) is 4. The average Bonchev–Trinajstić information content (AvgIpc) is 2.86. The fourth-order valence-electron chi connectivity index (χ4n) is 3.20. The van der Waals surface area contributed by atoms with E-state index < -0.39 is 0 Å². The molecule has 1 aromatic heterocycles. The topological polar surface area (TPSA) is 90.2 Å². The second-order valence-electron chi connectivity index (χ2n) is 5.80. The Labute approximate surface area is 125 Å². The first-order valence-electron chi connectivity index (χ1n) is 7.67. The van der Waals surface area contributed by atoms with Crippen LogP contribution in [0.25, 0.3) is 0 Å². The van der Waals surface area contributed by atoms with Crippen molar-refractivity contribution in [3.05, 3.63) is 22.1 Å². The standard InChI is InChI=1S/C14H25N5O2/c1-3-12-4-5-17(13(8-12)9-15)6-7-18-11(2)16-10-14(18)19(20)21/h10,12-13H,3-9,15H2,1-2H3. The van der Waals surface area contributed by atoms with E-state index in [1.165, 1.54) is 19.0 Å². The zero-order valence-corrected chi connectivity index (χ0v) is 12.9. The highest BCUT2D eigenvalue weighted by Crippen LogP contribution is 2.25. The van der Waals surface area contributed by atoms with Crippen molar-refractivity contribution in [3.63, 3.8) is 0 Å². The van der Waals surface area contributed by atoms with Gasteiger partial charge in [-0.1, -0.05) is 13.3 Å². The molecule has 0 spiro atoms. The molecule has 1 aliphatic rings. The molecule has 21 heavy (non-hydrogen) atoms. The minimum Gasteiger partial charge on any atom is -0.358 e. The third-order valence-electron chi connectivity index (χ3n) is 4.63. The minimum atomic E-state index is -0.371. The predicted molar refractivity (Wildman–Crippen MR) is 81.0 cm³/mol. The van der Waals surface area contributed by atoms with E-state index in [9.17, 15) is 10.1 Å². The summed E-state index contributed by atoms with van der Waals surface area (Å²) >= 11 is 0. The highest BCUT2D eigenvalue weighted by atomic mass is 16.6. The summed E-state index contributed by atoms with van der Waals surface area (Å²) in [6, 6.07) is 0.395. The molecule has 1 aromatic rings. The molecule has 2 heterocycles. The van der Waals surface area contributed by atoms with Crippen molar-refractivity contribution in [1.82, 2.24) is 14.5 Å². The van der Waals surface area contributed by atoms with Gasteiger partial charge < -0.3 is 15.8 Å². The summed E-state index contributed by atoms with van der Waals surface area (Å²) in [6.45, 7) is 7.10. The highest BCUT2D eigenvalue weighted by Gasteiger charge is 2.27. The number of imidazole rings is 1. The van der Waals surface area contributed by atoms with E-state index in [0.717, 1.165) is 25.4 Å². The average molecular weight is 295 g/mol. The fraction of sp³-hybridized carbons (Fsp3) is 0.786. The second kappa shape index (κ2) is 7.00. The van der Waals surface area contributed by atoms with Crippen LogP contribution < -0.4 is 5.73 Å². The van der Waals surface area contributed by atoms with Gasteiger partial charge in [0.25, 0.3) is 0 Å². The maximum absolute atomic E-state index is 11.0. The number of aryl methyl sites for hydroxylation is 1. The largest absolute Gasteiger partial charge is 0.358 e. The lowest BCUT2D eigenvalue weighted by Crippen LogP contribution is -2.47. The number of rotatable bonds is 6. The first-order chi connectivity index (χ1) is 10.1. The highest BCUT2D eigenvalue weighted by molar-refractivity contribution is 5.18. The summed E-state index contributed by atoms with van der Waals surface area (Å²) in [6.07, 6.45) is 4.87. The van der Waals surface area contributed by atoms with Crippen molar-refractivity contribution < 1.29 is 4.92 Å². The third kappa shape index (κ3) is 3.59. The molecule has 2 N–H and O–H groups in total. The number of hydrogen-bond acceptors (Lipinski definition) is 5. The Morgan fingerprint density at radius 1 is 1.52 bits per heavy atom. The first kappa shape index (κ1) is 15.9. The van der Waals surface area contributed by atoms with Gasteiger partial charge in [0, 0.05) is 26.1 Å². The Morgan fingerprint density at radius 3 is 2.90 bits per heavy atom. The fourth-order valence-corrected chi connectivity index (χ4v) is 3.20. The minimum absolute atomic E-state index is 0.0697. The van der Waals surface area contributed by atoms with E-state index in [1.807, 2.05) is 0 Å². The molecule has 0 amide bonds. The van der Waals surface area contributed by atoms with Crippen LogP contribution in [0.5, 0.6) is 0 Å². The molecule has 1 fully saturated rings. The van der Waals surface area contributed by atoms with Crippen LogP contribution in [0, 0.1) is 23.0 Å². The smallest absolute Gasteiger partial charge is 0.342 e. The summed E-state index contributed by atoms with van der Waals surface area (Å²) in [7, 11) is 0. The van der Waals surface area contributed by atoms with Crippen molar-refractivity contribution in [2.24, 2.45) is 11.7 Å². The van der Waals surface area contributed by atoms with Crippen LogP contribution in [0.3, 0.4) is 0 Å². The number of hydrogen-bond donors (Lipinski definition) is 1.